The zero-order chi connectivity index (χ0) is 57.6. The van der Waals surface area contributed by atoms with Crippen molar-refractivity contribution in [3.05, 3.63) is 24.3 Å². The first-order valence-electron chi connectivity index (χ1n) is 34.5. The van der Waals surface area contributed by atoms with Crippen LogP contribution in [0.1, 0.15) is 348 Å². The molecule has 0 amide bonds. The molecule has 2 unspecified atom stereocenters. The third-order valence-electron chi connectivity index (χ3n) is 15.7. The van der Waals surface area contributed by atoms with Crippen LogP contribution in [0.4, 0.5) is 0 Å². The van der Waals surface area contributed by atoms with Gasteiger partial charge in [0.05, 0.1) is 34.4 Å². The minimum atomic E-state index is -1.51. The molecule has 1 N–H and O–H groups in total. The maximum atomic E-state index is 12.9. The van der Waals surface area contributed by atoms with Crippen molar-refractivity contribution in [3.63, 3.8) is 0 Å². The molecule has 9 nitrogen and oxygen atoms in total. The maximum Gasteiger partial charge on any atom is 0.361 e. The highest BCUT2D eigenvalue weighted by Gasteiger charge is 2.25. The summed E-state index contributed by atoms with van der Waals surface area (Å²) >= 11 is 0. The van der Waals surface area contributed by atoms with Crippen LogP contribution in [0, 0.1) is 0 Å². The van der Waals surface area contributed by atoms with Gasteiger partial charge in [0.15, 0.2) is 6.10 Å². The van der Waals surface area contributed by atoms with Gasteiger partial charge in [-0.1, -0.05) is 314 Å². The molecular weight excluding hydrogens is 983 g/mol. The second-order valence-corrected chi connectivity index (χ2v) is 24.8. The second-order valence-electron chi connectivity index (χ2n) is 24.8. The van der Waals surface area contributed by atoms with Crippen molar-refractivity contribution in [3.8, 4) is 0 Å². The Morgan fingerprint density at radius 1 is 0.380 bits per heavy atom. The predicted molar refractivity (Wildman–Crippen MR) is 337 cm³/mol. The molecule has 466 valence electrons. The molecule has 0 aliphatic carbocycles. The van der Waals surface area contributed by atoms with E-state index in [2.05, 4.69) is 38.2 Å². The van der Waals surface area contributed by atoms with E-state index in [4.69, 9.17) is 18.9 Å². The monoisotopic (exact) mass is 1120 g/mol. The van der Waals surface area contributed by atoms with Crippen molar-refractivity contribution in [1.29, 1.82) is 0 Å². The van der Waals surface area contributed by atoms with Crippen molar-refractivity contribution in [1.82, 2.24) is 0 Å². The Kier molecular flexibility index (Phi) is 60.1. The number of allylic oxidation sites excluding steroid dienone is 4. The van der Waals surface area contributed by atoms with E-state index in [0.717, 1.165) is 44.9 Å². The summed E-state index contributed by atoms with van der Waals surface area (Å²) in [7, 11) is 5.99. The first kappa shape index (κ1) is 76.8. The third kappa shape index (κ3) is 63.2. The molecule has 0 fully saturated rings. The number of likely N-dealkylation sites (N-methyl/N-ethyl adjacent to an activating group) is 1. The molecule has 0 aliphatic rings. The Balaban J connectivity index is 4.06. The Bertz CT molecular complexity index is 1340. The van der Waals surface area contributed by atoms with Crippen molar-refractivity contribution >= 4 is 17.9 Å². The van der Waals surface area contributed by atoms with Gasteiger partial charge in [0.2, 0.25) is 0 Å². The van der Waals surface area contributed by atoms with E-state index in [9.17, 15) is 19.5 Å². The number of hydrogen-bond acceptors (Lipinski definition) is 7. The van der Waals surface area contributed by atoms with E-state index in [0.29, 0.717) is 17.4 Å². The van der Waals surface area contributed by atoms with Crippen LogP contribution in [0.25, 0.3) is 0 Å². The highest BCUT2D eigenvalue weighted by molar-refractivity contribution is 5.71. The molecule has 0 aliphatic heterocycles. The Morgan fingerprint density at radius 2 is 0.684 bits per heavy atom. The second kappa shape index (κ2) is 61.8. The van der Waals surface area contributed by atoms with Gasteiger partial charge in [0, 0.05) is 12.8 Å². The number of esters is 2. The van der Waals surface area contributed by atoms with Crippen LogP contribution >= 0.6 is 0 Å². The first-order chi connectivity index (χ1) is 38.6. The van der Waals surface area contributed by atoms with Crippen molar-refractivity contribution in [2.45, 2.75) is 360 Å². The minimum absolute atomic E-state index is 0.177. The van der Waals surface area contributed by atoms with Crippen molar-refractivity contribution < 1.29 is 42.9 Å². The molecule has 0 aromatic carbocycles. The zero-order valence-corrected chi connectivity index (χ0v) is 53.3. The summed E-state index contributed by atoms with van der Waals surface area (Å²) in [5.74, 6) is -1.98. The number of unbranched alkanes of at least 4 members (excludes halogenated alkanes) is 46. The molecule has 0 saturated carbocycles. The number of quaternary nitrogens is 1. The summed E-state index contributed by atoms with van der Waals surface area (Å²) in [6, 6.07) is 0. The largest absolute Gasteiger partial charge is 0.477 e. The average molecular weight is 1120 g/mol. The Labute approximate surface area is 490 Å². The fourth-order valence-corrected chi connectivity index (χ4v) is 10.4. The quantitative estimate of drug-likeness (QED) is 0.0211. The standard InChI is InChI=1S/C70H133NO8/c1-6-8-10-12-14-16-18-20-22-24-26-28-30-31-32-33-34-35-36-37-39-40-42-44-46-48-50-52-54-56-58-60-67(72)77-64-66(65-78-70(69(74)75)76-63-62-71(3,4)5)79-68(73)61-59-57-55-53-51-49-47-45-43-41-38-29-27-25-23-21-19-17-15-13-11-9-7-2/h19,21,25,27,66,70H,6-18,20,22-24,26,28-65H2,1-5H3/p+1/b21-19-,27-25-. The van der Waals surface area contributed by atoms with E-state index >= 15 is 0 Å². The van der Waals surface area contributed by atoms with Gasteiger partial charge < -0.3 is 28.5 Å². The maximum absolute atomic E-state index is 12.9. The lowest BCUT2D eigenvalue weighted by Crippen LogP contribution is -2.40. The van der Waals surface area contributed by atoms with Crippen molar-refractivity contribution in [2.75, 3.05) is 47.5 Å². The Morgan fingerprint density at radius 3 is 1.00 bits per heavy atom. The molecule has 79 heavy (non-hydrogen) atoms. The molecule has 0 spiro atoms. The van der Waals surface area contributed by atoms with Crippen LogP contribution < -0.4 is 0 Å². The fourth-order valence-electron chi connectivity index (χ4n) is 10.4. The van der Waals surface area contributed by atoms with Gasteiger partial charge in [-0.15, -0.1) is 0 Å². The number of rotatable bonds is 65. The molecule has 0 rings (SSSR count). The summed E-state index contributed by atoms with van der Waals surface area (Å²) in [5, 5.41) is 9.74. The molecule has 9 heteroatoms. The van der Waals surface area contributed by atoms with Crippen LogP contribution in [-0.4, -0.2) is 87.4 Å². The number of ether oxygens (including phenoxy) is 4. The number of hydrogen-bond donors (Lipinski definition) is 1. The summed E-state index contributed by atoms with van der Waals surface area (Å²) in [6.45, 7) is 4.93. The van der Waals surface area contributed by atoms with Gasteiger partial charge in [0.25, 0.3) is 6.29 Å². The SMILES string of the molecule is CCCCCCC/C=C\C/C=C\CCCCCCCCCCCCCC(=O)OC(COC(=O)CCCCCCCCCCCCCCCCCCCCCCCCCCCCCCCCC)COC(OCC[N+](C)(C)C)C(=O)O. The minimum Gasteiger partial charge on any atom is -0.477 e. The summed E-state index contributed by atoms with van der Waals surface area (Å²) in [4.78, 5) is 37.6. The van der Waals surface area contributed by atoms with E-state index in [1.54, 1.807) is 0 Å². The molecule has 0 aromatic rings. The highest BCUT2D eigenvalue weighted by Crippen LogP contribution is 2.19. The van der Waals surface area contributed by atoms with Gasteiger partial charge in [0.1, 0.15) is 13.2 Å². The van der Waals surface area contributed by atoms with Gasteiger partial charge in [-0.25, -0.2) is 4.79 Å². The molecule has 2 atom stereocenters. The van der Waals surface area contributed by atoms with Gasteiger partial charge >= 0.3 is 17.9 Å². The van der Waals surface area contributed by atoms with E-state index in [1.807, 2.05) is 21.1 Å². The smallest absolute Gasteiger partial charge is 0.361 e. The molecule has 0 aromatic heterocycles. The van der Waals surface area contributed by atoms with Crippen LogP contribution in [0.3, 0.4) is 0 Å². The number of nitrogens with zero attached hydrogens (tertiary/aromatic N) is 1. The van der Waals surface area contributed by atoms with Crippen LogP contribution in [-0.2, 0) is 33.3 Å². The van der Waals surface area contributed by atoms with Gasteiger partial charge in [-0.3, -0.25) is 9.59 Å². The summed E-state index contributed by atoms with van der Waals surface area (Å²) < 4.78 is 23.0. The average Bonchev–Trinajstić information content (AvgIpc) is 3.42. The lowest BCUT2D eigenvalue weighted by Gasteiger charge is -2.25. The lowest BCUT2D eigenvalue weighted by molar-refractivity contribution is -0.870. The van der Waals surface area contributed by atoms with Gasteiger partial charge in [-0.05, 0) is 44.9 Å². The predicted octanol–water partition coefficient (Wildman–Crippen LogP) is 21.0. The lowest BCUT2D eigenvalue weighted by atomic mass is 10.0. The zero-order valence-electron chi connectivity index (χ0n) is 53.3. The fraction of sp³-hybridized carbons (Fsp3) is 0.900. The summed E-state index contributed by atoms with van der Waals surface area (Å²) in [5.41, 5.74) is 0. The number of carbonyl (C=O) groups excluding carboxylic acids is 2. The van der Waals surface area contributed by atoms with Crippen LogP contribution in [0.5, 0.6) is 0 Å². The number of carboxylic acid groups (broad SMARTS) is 1. The number of aliphatic carboxylic acids is 1. The van der Waals surface area contributed by atoms with Gasteiger partial charge in [-0.2, -0.15) is 0 Å². The number of carboxylic acids is 1. The van der Waals surface area contributed by atoms with Crippen molar-refractivity contribution in [2.24, 2.45) is 0 Å². The molecule has 0 bridgehead atoms. The molecule has 0 radical (unpaired) electrons. The summed E-state index contributed by atoms with van der Waals surface area (Å²) in [6.07, 6.45) is 72.9. The highest BCUT2D eigenvalue weighted by atomic mass is 16.7. The molecule has 0 heterocycles. The van der Waals surface area contributed by atoms with E-state index in [1.165, 1.54) is 276 Å². The van der Waals surface area contributed by atoms with E-state index < -0.39 is 18.4 Å². The van der Waals surface area contributed by atoms with E-state index in [-0.39, 0.29) is 38.2 Å². The Hall–Kier alpha value is -2.23. The molecule has 0 saturated heterocycles. The first-order valence-corrected chi connectivity index (χ1v) is 34.5. The number of carbonyl (C=O) groups is 3. The third-order valence-corrected chi connectivity index (χ3v) is 15.7. The normalized spacial score (nSPS) is 12.8. The van der Waals surface area contributed by atoms with Crippen LogP contribution in [0.15, 0.2) is 24.3 Å². The van der Waals surface area contributed by atoms with Crippen LogP contribution in [0.2, 0.25) is 0 Å². The topological polar surface area (TPSA) is 108 Å². The molecular formula is C70H134NO8+.